The van der Waals surface area contributed by atoms with E-state index in [1.165, 1.54) is 16.2 Å². The van der Waals surface area contributed by atoms with E-state index in [4.69, 9.17) is 23.9 Å². The molecule has 4 aromatic rings. The van der Waals surface area contributed by atoms with Gasteiger partial charge in [0.2, 0.25) is 0 Å². The van der Waals surface area contributed by atoms with Gasteiger partial charge in [-0.3, -0.25) is 14.5 Å². The number of ketones is 1. The second-order valence-corrected chi connectivity index (χ2v) is 11.0. The molecular weight excluding hydrogens is 556 g/mol. The SMILES string of the molecule is CCOc1ccc([C@@H]2/C(=C(\O)c3ccc4c(c3)C[C@H](C)O4)C(=O)C(=O)N2c2nc3ccc(OC)cc3s2)cc1OCC. The number of aliphatic hydroxyl groups is 1. The number of hydrogen-bond donors (Lipinski definition) is 1. The Morgan fingerprint density at radius 1 is 1.05 bits per heavy atom. The van der Waals surface area contributed by atoms with E-state index in [0.717, 1.165) is 16.0 Å². The van der Waals surface area contributed by atoms with Gasteiger partial charge in [-0.25, -0.2) is 4.98 Å². The van der Waals surface area contributed by atoms with Crippen LogP contribution >= 0.6 is 11.3 Å². The minimum Gasteiger partial charge on any atom is -0.507 e. The van der Waals surface area contributed by atoms with Crippen molar-refractivity contribution in [1.29, 1.82) is 0 Å². The fourth-order valence-corrected chi connectivity index (χ4v) is 6.45. The molecule has 0 aliphatic carbocycles. The van der Waals surface area contributed by atoms with Crippen LogP contribution in [-0.2, 0) is 16.0 Å². The molecular formula is C32H30N2O7S. The van der Waals surface area contributed by atoms with Gasteiger partial charge in [0.05, 0.1) is 42.2 Å². The maximum Gasteiger partial charge on any atom is 0.301 e. The van der Waals surface area contributed by atoms with E-state index in [-0.39, 0.29) is 17.4 Å². The number of hydrogen-bond acceptors (Lipinski definition) is 9. The van der Waals surface area contributed by atoms with Crippen molar-refractivity contribution >= 4 is 44.1 Å². The Kier molecular flexibility index (Phi) is 7.24. The van der Waals surface area contributed by atoms with Crippen molar-refractivity contribution in [3.63, 3.8) is 0 Å². The van der Waals surface area contributed by atoms with Crippen LogP contribution in [0.15, 0.2) is 60.2 Å². The van der Waals surface area contributed by atoms with Gasteiger partial charge in [0.25, 0.3) is 5.78 Å². The predicted octanol–water partition coefficient (Wildman–Crippen LogP) is 6.05. The fraction of sp³-hybridized carbons (Fsp3) is 0.281. The van der Waals surface area contributed by atoms with E-state index in [1.54, 1.807) is 49.6 Å². The molecule has 10 heteroatoms. The minimum atomic E-state index is -0.967. The van der Waals surface area contributed by atoms with Crippen LogP contribution in [0.2, 0.25) is 0 Å². The summed E-state index contributed by atoms with van der Waals surface area (Å²) in [5, 5.41) is 12.0. The molecule has 6 rings (SSSR count). The second kappa shape index (κ2) is 11.0. The number of rotatable bonds is 8. The van der Waals surface area contributed by atoms with Crippen molar-refractivity contribution in [3.8, 4) is 23.0 Å². The Bertz CT molecular complexity index is 1740. The molecule has 0 unspecified atom stereocenters. The molecule has 3 aromatic carbocycles. The number of nitrogens with zero attached hydrogens (tertiary/aromatic N) is 2. The summed E-state index contributed by atoms with van der Waals surface area (Å²) in [6, 6.07) is 15.0. The van der Waals surface area contributed by atoms with Gasteiger partial charge in [-0.05, 0) is 80.4 Å². The molecule has 1 fully saturated rings. The van der Waals surface area contributed by atoms with Gasteiger partial charge in [0.15, 0.2) is 16.6 Å². The summed E-state index contributed by atoms with van der Waals surface area (Å²) in [6.07, 6.45) is 0.696. The van der Waals surface area contributed by atoms with Crippen molar-refractivity contribution in [2.24, 2.45) is 0 Å². The lowest BCUT2D eigenvalue weighted by Crippen LogP contribution is -2.29. The van der Waals surface area contributed by atoms with Crippen molar-refractivity contribution in [1.82, 2.24) is 4.98 Å². The van der Waals surface area contributed by atoms with Gasteiger partial charge in [-0.15, -0.1) is 0 Å². The zero-order chi connectivity index (χ0) is 29.5. The smallest absolute Gasteiger partial charge is 0.301 e. The Hall–Kier alpha value is -4.57. The van der Waals surface area contributed by atoms with E-state index >= 15 is 0 Å². The highest BCUT2D eigenvalue weighted by atomic mass is 32.1. The number of aromatic nitrogens is 1. The van der Waals surface area contributed by atoms with E-state index in [1.807, 2.05) is 32.9 Å². The lowest BCUT2D eigenvalue weighted by Gasteiger charge is -2.24. The number of ether oxygens (including phenoxy) is 4. The van der Waals surface area contributed by atoms with E-state index in [9.17, 15) is 14.7 Å². The first-order valence-electron chi connectivity index (χ1n) is 13.8. The summed E-state index contributed by atoms with van der Waals surface area (Å²) in [5.41, 5.74) is 2.55. The van der Waals surface area contributed by atoms with Crippen LogP contribution in [0.5, 0.6) is 23.0 Å². The average molecular weight is 587 g/mol. The molecule has 0 spiro atoms. The molecule has 0 bridgehead atoms. The number of carbonyl (C=O) groups is 2. The molecule has 1 amide bonds. The molecule has 2 atom stereocenters. The van der Waals surface area contributed by atoms with Crippen molar-refractivity contribution < 1.29 is 33.6 Å². The number of aliphatic hydroxyl groups excluding tert-OH is 1. The standard InChI is InChI=1S/C32H30N2O7S/c1-5-39-24-12-7-18(15-25(24)40-6-2)28-27(29(35)19-8-11-23-20(14-19)13-17(3)41-23)30(36)31(37)34(28)32-33-22-10-9-21(38-4)16-26(22)42-32/h7-12,14-17,28,35H,5-6,13H2,1-4H3/b29-27+/t17-,28+/m0/s1. The van der Waals surface area contributed by atoms with E-state index in [2.05, 4.69) is 0 Å². The van der Waals surface area contributed by atoms with Gasteiger partial charge in [-0.2, -0.15) is 0 Å². The van der Waals surface area contributed by atoms with Crippen LogP contribution in [0.4, 0.5) is 5.13 Å². The number of amides is 1. The van der Waals surface area contributed by atoms with Gasteiger partial charge < -0.3 is 24.1 Å². The summed E-state index contributed by atoms with van der Waals surface area (Å²) < 4.78 is 23.6. The Labute approximate surface area is 246 Å². The number of thiazole rings is 1. The lowest BCUT2D eigenvalue weighted by molar-refractivity contribution is -0.132. The second-order valence-electron chi connectivity index (χ2n) is 10.0. The number of fused-ring (bicyclic) bond motifs is 2. The summed E-state index contributed by atoms with van der Waals surface area (Å²) >= 11 is 1.27. The van der Waals surface area contributed by atoms with E-state index < -0.39 is 17.7 Å². The Morgan fingerprint density at radius 2 is 1.83 bits per heavy atom. The van der Waals surface area contributed by atoms with Crippen LogP contribution in [-0.4, -0.2) is 48.2 Å². The van der Waals surface area contributed by atoms with Crippen molar-refractivity contribution in [2.45, 2.75) is 39.3 Å². The minimum absolute atomic E-state index is 0.0153. The first kappa shape index (κ1) is 27.6. The van der Waals surface area contributed by atoms with Gasteiger partial charge >= 0.3 is 5.91 Å². The largest absolute Gasteiger partial charge is 0.507 e. The summed E-state index contributed by atoms with van der Waals surface area (Å²) in [4.78, 5) is 33.5. The third-order valence-corrected chi connectivity index (χ3v) is 8.30. The number of carbonyl (C=O) groups excluding carboxylic acids is 2. The highest BCUT2D eigenvalue weighted by molar-refractivity contribution is 7.22. The third kappa shape index (κ3) is 4.71. The van der Waals surface area contributed by atoms with Gasteiger partial charge in [-0.1, -0.05) is 17.4 Å². The number of methoxy groups -OCH3 is 1. The molecule has 1 aromatic heterocycles. The van der Waals surface area contributed by atoms with Crippen LogP contribution in [0.3, 0.4) is 0 Å². The maximum atomic E-state index is 13.7. The molecule has 3 heterocycles. The molecule has 2 aliphatic rings. The van der Waals surface area contributed by atoms with Crippen LogP contribution in [0, 0.1) is 0 Å². The first-order valence-corrected chi connectivity index (χ1v) is 14.6. The highest BCUT2D eigenvalue weighted by Gasteiger charge is 2.48. The zero-order valence-electron chi connectivity index (χ0n) is 23.7. The number of anilines is 1. The summed E-state index contributed by atoms with van der Waals surface area (Å²) in [7, 11) is 1.58. The maximum absolute atomic E-state index is 13.7. The molecule has 2 aliphatic heterocycles. The lowest BCUT2D eigenvalue weighted by atomic mass is 9.94. The fourth-order valence-electron chi connectivity index (χ4n) is 5.43. The topological polar surface area (TPSA) is 107 Å². The number of Topliss-reactive ketones (excluding diaryl/α,β-unsaturated/α-hetero) is 1. The van der Waals surface area contributed by atoms with E-state index in [0.29, 0.717) is 58.7 Å². The first-order chi connectivity index (χ1) is 20.3. The summed E-state index contributed by atoms with van der Waals surface area (Å²) in [5.74, 6) is 0.564. The van der Waals surface area contributed by atoms with Crippen LogP contribution in [0.25, 0.3) is 16.0 Å². The van der Waals surface area contributed by atoms with Gasteiger partial charge in [0, 0.05) is 12.0 Å². The molecule has 1 saturated heterocycles. The monoisotopic (exact) mass is 586 g/mol. The molecule has 0 radical (unpaired) electrons. The van der Waals surface area contributed by atoms with Crippen molar-refractivity contribution in [3.05, 3.63) is 76.9 Å². The van der Waals surface area contributed by atoms with Crippen molar-refractivity contribution in [2.75, 3.05) is 25.2 Å². The molecule has 42 heavy (non-hydrogen) atoms. The van der Waals surface area contributed by atoms with Crippen LogP contribution < -0.4 is 23.8 Å². The molecule has 216 valence electrons. The zero-order valence-corrected chi connectivity index (χ0v) is 24.5. The quantitative estimate of drug-likeness (QED) is 0.151. The highest BCUT2D eigenvalue weighted by Crippen LogP contribution is 2.46. The van der Waals surface area contributed by atoms with Crippen LogP contribution in [0.1, 0.15) is 43.5 Å². The normalized spacial score (nSPS) is 19.2. The molecule has 0 saturated carbocycles. The third-order valence-electron chi connectivity index (χ3n) is 7.29. The predicted molar refractivity (Wildman–Crippen MR) is 160 cm³/mol. The molecule has 1 N–H and O–H groups in total. The Morgan fingerprint density at radius 3 is 2.60 bits per heavy atom. The van der Waals surface area contributed by atoms with Gasteiger partial charge in [0.1, 0.15) is 23.4 Å². The molecule has 9 nitrogen and oxygen atoms in total. The number of benzene rings is 3. The average Bonchev–Trinajstić information content (AvgIpc) is 3.65. The summed E-state index contributed by atoms with van der Waals surface area (Å²) in [6.45, 7) is 6.54. The Balaban J connectivity index is 1.54.